The van der Waals surface area contributed by atoms with Crippen molar-refractivity contribution in [3.8, 4) is 23.1 Å². The van der Waals surface area contributed by atoms with Crippen molar-refractivity contribution in [3.63, 3.8) is 0 Å². The van der Waals surface area contributed by atoms with Gasteiger partial charge in [0.25, 0.3) is 11.8 Å². The van der Waals surface area contributed by atoms with Crippen LogP contribution >= 0.6 is 0 Å². The predicted octanol–water partition coefficient (Wildman–Crippen LogP) is 3.77. The van der Waals surface area contributed by atoms with Gasteiger partial charge in [0, 0.05) is 35.8 Å². The molecule has 9 nitrogen and oxygen atoms in total. The van der Waals surface area contributed by atoms with Gasteiger partial charge in [-0.05, 0) is 68.9 Å². The lowest BCUT2D eigenvalue weighted by Crippen LogP contribution is -2.43. The number of fused-ring (bicyclic) bond motifs is 3. The summed E-state index contributed by atoms with van der Waals surface area (Å²) in [7, 11) is 0. The van der Waals surface area contributed by atoms with Crippen LogP contribution < -0.4 is 11.1 Å². The second kappa shape index (κ2) is 8.95. The highest BCUT2D eigenvalue weighted by atomic mass is 19.1. The zero-order valence-electron chi connectivity index (χ0n) is 20.6. The van der Waals surface area contributed by atoms with Crippen molar-refractivity contribution in [1.29, 1.82) is 0 Å². The first-order chi connectivity index (χ1) is 18.4. The molecule has 38 heavy (non-hydrogen) atoms. The largest absolute Gasteiger partial charge is 0.382 e. The number of carbonyl (C=O) groups is 2. The van der Waals surface area contributed by atoms with Crippen LogP contribution in [0.1, 0.15) is 48.8 Å². The molecule has 5 heterocycles. The predicted molar refractivity (Wildman–Crippen MR) is 139 cm³/mol. The molecular weight excluding hydrogens is 485 g/mol. The first-order valence-corrected chi connectivity index (χ1v) is 12.3. The number of nitrogens with zero attached hydrogens (tertiary/aromatic N) is 5. The number of aromatic nitrogens is 4. The number of halogens is 1. The highest BCUT2D eigenvalue weighted by molar-refractivity contribution is 6.04. The third-order valence-corrected chi connectivity index (χ3v) is 7.45. The van der Waals surface area contributed by atoms with Gasteiger partial charge in [-0.25, -0.2) is 19.3 Å². The molecule has 0 radical (unpaired) electrons. The van der Waals surface area contributed by atoms with Crippen LogP contribution in [-0.2, 0) is 10.3 Å². The number of nitrogen functional groups attached to an aromatic ring is 1. The fourth-order valence-corrected chi connectivity index (χ4v) is 5.84. The van der Waals surface area contributed by atoms with E-state index in [1.807, 2.05) is 9.30 Å². The lowest BCUT2D eigenvalue weighted by atomic mass is 9.87. The molecule has 1 aromatic carbocycles. The highest BCUT2D eigenvalue weighted by Crippen LogP contribution is 2.53. The van der Waals surface area contributed by atoms with Gasteiger partial charge in [-0.1, -0.05) is 12.0 Å². The smallest absolute Gasteiger partial charge is 0.299 e. The van der Waals surface area contributed by atoms with E-state index >= 15 is 4.39 Å². The van der Waals surface area contributed by atoms with Crippen LogP contribution in [-0.4, -0.2) is 42.1 Å². The van der Waals surface area contributed by atoms with E-state index in [4.69, 9.17) is 10.7 Å². The molecule has 0 aliphatic carbocycles. The zero-order chi connectivity index (χ0) is 26.4. The van der Waals surface area contributed by atoms with Crippen LogP contribution in [0.4, 0.5) is 16.0 Å². The van der Waals surface area contributed by atoms with Crippen molar-refractivity contribution >= 4 is 29.0 Å². The molecule has 0 saturated carbocycles. The van der Waals surface area contributed by atoms with E-state index in [1.54, 1.807) is 43.7 Å². The van der Waals surface area contributed by atoms with E-state index in [2.05, 4.69) is 27.1 Å². The minimum absolute atomic E-state index is 0.0898. The third kappa shape index (κ3) is 3.58. The van der Waals surface area contributed by atoms with Crippen molar-refractivity contribution in [2.24, 2.45) is 0 Å². The summed E-state index contributed by atoms with van der Waals surface area (Å²) in [6.07, 6.45) is 7.99. The summed E-state index contributed by atoms with van der Waals surface area (Å²) in [6, 6.07) is 9.41. The Morgan fingerprint density at radius 3 is 2.68 bits per heavy atom. The van der Waals surface area contributed by atoms with E-state index in [-0.39, 0.29) is 28.9 Å². The van der Waals surface area contributed by atoms with Gasteiger partial charge in [0.1, 0.15) is 40.0 Å². The number of hydrogen-bond acceptors (Lipinski definition) is 6. The molecule has 0 unspecified atom stereocenters. The average Bonchev–Trinajstić information content (AvgIpc) is 3.60. The molecule has 3 N–H and O–H groups in total. The third-order valence-electron chi connectivity index (χ3n) is 7.45. The van der Waals surface area contributed by atoms with Crippen molar-refractivity contribution in [1.82, 2.24) is 24.3 Å². The molecule has 10 heteroatoms. The lowest BCUT2D eigenvalue weighted by Gasteiger charge is -2.32. The van der Waals surface area contributed by atoms with Crippen molar-refractivity contribution in [2.75, 3.05) is 11.1 Å². The van der Waals surface area contributed by atoms with Crippen molar-refractivity contribution < 1.29 is 14.0 Å². The molecule has 2 fully saturated rings. The van der Waals surface area contributed by atoms with Crippen LogP contribution in [0.2, 0.25) is 0 Å². The number of nitrogens with two attached hydrogens (primary N) is 1. The van der Waals surface area contributed by atoms with Gasteiger partial charge >= 0.3 is 0 Å². The van der Waals surface area contributed by atoms with Gasteiger partial charge < -0.3 is 16.0 Å². The number of nitrogens with one attached hydrogen (secondary N) is 1. The summed E-state index contributed by atoms with van der Waals surface area (Å²) in [5, 5.41) is 2.65. The first kappa shape index (κ1) is 23.6. The molecular formula is C28H24FN7O2. The molecule has 2 aliphatic heterocycles. The van der Waals surface area contributed by atoms with E-state index < -0.39 is 17.3 Å². The van der Waals surface area contributed by atoms with E-state index in [1.165, 1.54) is 12.1 Å². The van der Waals surface area contributed by atoms with Gasteiger partial charge in [-0.3, -0.25) is 14.0 Å². The maximum Gasteiger partial charge on any atom is 0.299 e. The Kier molecular flexibility index (Phi) is 5.56. The zero-order valence-corrected chi connectivity index (χ0v) is 20.6. The Morgan fingerprint density at radius 2 is 1.97 bits per heavy atom. The molecule has 0 spiro atoms. The molecule has 2 bridgehead atoms. The number of hydrogen-bond donors (Lipinski definition) is 2. The number of amides is 2. The molecule has 4 aromatic rings. The van der Waals surface area contributed by atoms with E-state index in [0.717, 1.165) is 31.7 Å². The summed E-state index contributed by atoms with van der Waals surface area (Å²) in [6.45, 7) is 1.64. The standard InChI is InChI=1S/C28H24FN7O2/c1-2-5-22(37)36-18-9-11-28(36,12-10-18)27-34-23(24-25(30)32-14-15-35(24)27)19-8-7-17(16-20(19)29)26(38)33-21-6-3-4-13-31-21/h3-4,6-8,13-16,18H,9-12H2,1H3,(H2,30,32)(H,31,33,38). The number of anilines is 2. The van der Waals surface area contributed by atoms with Crippen molar-refractivity contribution in [3.05, 3.63) is 72.2 Å². The summed E-state index contributed by atoms with van der Waals surface area (Å²) in [5.74, 6) is 5.20. The van der Waals surface area contributed by atoms with Gasteiger partial charge in [-0.2, -0.15) is 0 Å². The fraction of sp³-hybridized carbons (Fsp3) is 0.250. The topological polar surface area (TPSA) is 119 Å². The summed E-state index contributed by atoms with van der Waals surface area (Å²) >= 11 is 0. The Morgan fingerprint density at radius 1 is 1.16 bits per heavy atom. The Balaban J connectivity index is 1.44. The van der Waals surface area contributed by atoms with Gasteiger partial charge in [0.05, 0.1) is 0 Å². The Hall–Kier alpha value is -4.78. The second-order valence-electron chi connectivity index (χ2n) is 9.49. The maximum absolute atomic E-state index is 15.6. The quantitative estimate of drug-likeness (QED) is 0.405. The minimum Gasteiger partial charge on any atom is -0.382 e. The highest BCUT2D eigenvalue weighted by Gasteiger charge is 2.57. The number of rotatable bonds is 4. The van der Waals surface area contributed by atoms with Crippen molar-refractivity contribution in [2.45, 2.75) is 44.2 Å². The van der Waals surface area contributed by atoms with Crippen LogP contribution in [0.5, 0.6) is 0 Å². The lowest BCUT2D eigenvalue weighted by molar-refractivity contribution is -0.129. The average molecular weight is 510 g/mol. The first-order valence-electron chi connectivity index (χ1n) is 12.3. The van der Waals surface area contributed by atoms with Crippen LogP contribution in [0.3, 0.4) is 0 Å². The maximum atomic E-state index is 15.6. The number of benzene rings is 1. The van der Waals surface area contributed by atoms with Gasteiger partial charge in [-0.15, -0.1) is 0 Å². The summed E-state index contributed by atoms with van der Waals surface area (Å²) in [5.41, 5.74) is 6.69. The SMILES string of the molecule is CC#CC(=O)N1C2CCC1(c1nc(-c3ccc(C(=O)Nc4ccccn4)cc3F)c3c(N)nccn13)CC2. The van der Waals surface area contributed by atoms with Gasteiger partial charge in [0.15, 0.2) is 0 Å². The number of imidazole rings is 1. The summed E-state index contributed by atoms with van der Waals surface area (Å²) < 4.78 is 17.4. The fourth-order valence-electron chi connectivity index (χ4n) is 5.84. The van der Waals surface area contributed by atoms with Crippen LogP contribution in [0.25, 0.3) is 16.8 Å². The van der Waals surface area contributed by atoms with Crippen LogP contribution in [0, 0.1) is 17.7 Å². The minimum atomic E-state index is -0.667. The molecule has 190 valence electrons. The second-order valence-corrected chi connectivity index (χ2v) is 9.49. The molecule has 0 atom stereocenters. The number of carbonyl (C=O) groups excluding carboxylic acids is 2. The van der Waals surface area contributed by atoms with E-state index in [0.29, 0.717) is 22.9 Å². The normalized spacial score (nSPS) is 19.8. The summed E-state index contributed by atoms with van der Waals surface area (Å²) in [4.78, 5) is 40.8. The van der Waals surface area contributed by atoms with Gasteiger partial charge in [0.2, 0.25) is 0 Å². The van der Waals surface area contributed by atoms with Crippen LogP contribution in [0.15, 0.2) is 55.0 Å². The number of pyridine rings is 1. The Labute approximate surface area is 217 Å². The monoisotopic (exact) mass is 509 g/mol. The Bertz CT molecular complexity index is 1650. The molecule has 6 rings (SSSR count). The molecule has 3 aromatic heterocycles. The molecule has 2 aliphatic rings. The molecule has 2 saturated heterocycles. The molecule has 2 amide bonds. The van der Waals surface area contributed by atoms with E-state index in [9.17, 15) is 9.59 Å².